The molecule has 3 rings (SSSR count). The highest BCUT2D eigenvalue weighted by Gasteiger charge is 2.22. The first-order valence-electron chi connectivity index (χ1n) is 9.34. The van der Waals surface area contributed by atoms with Crippen molar-refractivity contribution < 1.29 is 9.53 Å². The van der Waals surface area contributed by atoms with Crippen LogP contribution in [0.1, 0.15) is 27.9 Å². The summed E-state index contributed by atoms with van der Waals surface area (Å²) in [7, 11) is 1.69. The minimum atomic E-state index is 0.0168. The number of rotatable bonds is 6. The summed E-state index contributed by atoms with van der Waals surface area (Å²) in [6.45, 7) is 4.27. The van der Waals surface area contributed by atoms with Crippen molar-refractivity contribution >= 4 is 5.91 Å². The Morgan fingerprint density at radius 3 is 2.63 bits per heavy atom. The third-order valence-electron chi connectivity index (χ3n) is 4.97. The minimum Gasteiger partial charge on any atom is -0.497 e. The Morgan fingerprint density at radius 1 is 1.11 bits per heavy atom. The normalized spacial score (nSPS) is 14.6. The largest absolute Gasteiger partial charge is 0.497 e. The molecule has 2 aromatic carbocycles. The van der Waals surface area contributed by atoms with Crippen molar-refractivity contribution in [1.29, 1.82) is 5.26 Å². The van der Waals surface area contributed by atoms with Crippen LogP contribution < -0.4 is 4.74 Å². The van der Waals surface area contributed by atoms with Crippen LogP contribution in [0.15, 0.2) is 48.5 Å². The predicted molar refractivity (Wildman–Crippen MR) is 105 cm³/mol. The summed E-state index contributed by atoms with van der Waals surface area (Å²) < 4.78 is 5.27. The first kappa shape index (κ1) is 18.9. The van der Waals surface area contributed by atoms with E-state index in [4.69, 9.17) is 10.00 Å². The molecule has 5 heteroatoms. The van der Waals surface area contributed by atoms with Gasteiger partial charge in [0.2, 0.25) is 0 Å². The van der Waals surface area contributed by atoms with Gasteiger partial charge in [-0.05, 0) is 55.3 Å². The zero-order valence-corrected chi connectivity index (χ0v) is 15.7. The highest BCUT2D eigenvalue weighted by Crippen LogP contribution is 2.15. The molecule has 1 amide bonds. The van der Waals surface area contributed by atoms with Crippen molar-refractivity contribution in [2.75, 3.05) is 39.8 Å². The number of hydrogen-bond donors (Lipinski definition) is 0. The molecule has 5 nitrogen and oxygen atoms in total. The molecule has 0 radical (unpaired) electrons. The molecule has 0 atom stereocenters. The van der Waals surface area contributed by atoms with Gasteiger partial charge in [0.05, 0.1) is 18.7 Å². The van der Waals surface area contributed by atoms with E-state index in [1.807, 2.05) is 17.0 Å². The van der Waals surface area contributed by atoms with Gasteiger partial charge in [0.15, 0.2) is 0 Å². The molecule has 140 valence electrons. The number of nitriles is 1. The van der Waals surface area contributed by atoms with Crippen LogP contribution in [-0.2, 0) is 6.42 Å². The van der Waals surface area contributed by atoms with Crippen molar-refractivity contribution in [1.82, 2.24) is 9.80 Å². The maximum Gasteiger partial charge on any atom is 0.253 e. The number of piperazine rings is 1. The maximum atomic E-state index is 12.6. The van der Waals surface area contributed by atoms with Crippen LogP contribution in [0, 0.1) is 11.3 Å². The minimum absolute atomic E-state index is 0.0168. The molecule has 1 heterocycles. The fourth-order valence-corrected chi connectivity index (χ4v) is 3.41. The highest BCUT2D eigenvalue weighted by atomic mass is 16.5. The average molecular weight is 363 g/mol. The standard InChI is InChI=1S/C22H25N3O2/c1-27-21-9-3-5-18(16-21)7-4-10-24-11-13-25(14-12-24)22(26)20-8-2-6-19(15-20)17-23/h2-3,5-6,8-9,15-16H,4,7,10-14H2,1H3. The van der Waals surface area contributed by atoms with E-state index in [0.717, 1.165) is 51.3 Å². The Bertz CT molecular complexity index is 820. The quantitative estimate of drug-likeness (QED) is 0.792. The van der Waals surface area contributed by atoms with E-state index in [-0.39, 0.29) is 5.91 Å². The number of aryl methyl sites for hydroxylation is 1. The van der Waals surface area contributed by atoms with Gasteiger partial charge in [-0.15, -0.1) is 0 Å². The first-order valence-corrected chi connectivity index (χ1v) is 9.34. The fourth-order valence-electron chi connectivity index (χ4n) is 3.41. The highest BCUT2D eigenvalue weighted by molar-refractivity contribution is 5.94. The molecule has 0 unspecified atom stereocenters. The third kappa shape index (κ3) is 5.08. The Labute approximate surface area is 160 Å². The van der Waals surface area contributed by atoms with Crippen LogP contribution in [0.5, 0.6) is 5.75 Å². The number of ether oxygens (including phenoxy) is 1. The van der Waals surface area contributed by atoms with Crippen LogP contribution >= 0.6 is 0 Å². The number of hydrogen-bond acceptors (Lipinski definition) is 4. The number of carbonyl (C=O) groups is 1. The molecule has 27 heavy (non-hydrogen) atoms. The summed E-state index contributed by atoms with van der Waals surface area (Å²) in [6.07, 6.45) is 2.11. The van der Waals surface area contributed by atoms with Gasteiger partial charge in [0, 0.05) is 31.7 Å². The molecule has 0 spiro atoms. The number of benzene rings is 2. The van der Waals surface area contributed by atoms with E-state index < -0.39 is 0 Å². The van der Waals surface area contributed by atoms with Gasteiger partial charge < -0.3 is 9.64 Å². The summed E-state index contributed by atoms with van der Waals surface area (Å²) in [5.41, 5.74) is 2.41. The summed E-state index contributed by atoms with van der Waals surface area (Å²) in [5.74, 6) is 0.920. The molecular weight excluding hydrogens is 338 g/mol. The van der Waals surface area contributed by atoms with E-state index in [1.54, 1.807) is 31.4 Å². The second-order valence-electron chi connectivity index (χ2n) is 6.78. The Balaban J connectivity index is 1.44. The molecular formula is C22H25N3O2. The second kappa shape index (κ2) is 9.20. The van der Waals surface area contributed by atoms with Gasteiger partial charge in [-0.25, -0.2) is 0 Å². The SMILES string of the molecule is COc1cccc(CCCN2CCN(C(=O)c3cccc(C#N)c3)CC2)c1. The molecule has 1 aliphatic heterocycles. The Kier molecular flexibility index (Phi) is 6.45. The average Bonchev–Trinajstić information content (AvgIpc) is 2.74. The molecule has 0 aliphatic carbocycles. The van der Waals surface area contributed by atoms with E-state index in [0.29, 0.717) is 11.1 Å². The molecule has 1 aliphatic rings. The van der Waals surface area contributed by atoms with Crippen LogP contribution in [0.2, 0.25) is 0 Å². The summed E-state index contributed by atoms with van der Waals surface area (Å²) in [4.78, 5) is 16.9. The monoisotopic (exact) mass is 363 g/mol. The lowest BCUT2D eigenvalue weighted by Crippen LogP contribution is -2.48. The van der Waals surface area contributed by atoms with Gasteiger partial charge in [0.1, 0.15) is 5.75 Å². The molecule has 2 aromatic rings. The second-order valence-corrected chi connectivity index (χ2v) is 6.78. The molecule has 0 bridgehead atoms. The lowest BCUT2D eigenvalue weighted by molar-refractivity contribution is 0.0636. The third-order valence-corrected chi connectivity index (χ3v) is 4.97. The summed E-state index contributed by atoms with van der Waals surface area (Å²) >= 11 is 0. The maximum absolute atomic E-state index is 12.6. The van der Waals surface area contributed by atoms with E-state index in [2.05, 4.69) is 23.1 Å². The van der Waals surface area contributed by atoms with Gasteiger partial charge in [-0.2, -0.15) is 5.26 Å². The van der Waals surface area contributed by atoms with Crippen molar-refractivity contribution in [3.63, 3.8) is 0 Å². The van der Waals surface area contributed by atoms with E-state index in [9.17, 15) is 4.79 Å². The number of carbonyl (C=O) groups excluding carboxylic acids is 1. The molecule has 0 saturated carbocycles. The molecule has 0 N–H and O–H groups in total. The number of nitrogens with zero attached hydrogens (tertiary/aromatic N) is 3. The lowest BCUT2D eigenvalue weighted by Gasteiger charge is -2.34. The van der Waals surface area contributed by atoms with Crippen molar-refractivity contribution in [3.05, 3.63) is 65.2 Å². The van der Waals surface area contributed by atoms with Gasteiger partial charge in [0.25, 0.3) is 5.91 Å². The van der Waals surface area contributed by atoms with Crippen LogP contribution in [0.3, 0.4) is 0 Å². The molecule has 0 aromatic heterocycles. The fraction of sp³-hybridized carbons (Fsp3) is 0.364. The zero-order chi connectivity index (χ0) is 19.1. The van der Waals surface area contributed by atoms with Crippen LogP contribution in [0.25, 0.3) is 0 Å². The Hall–Kier alpha value is -2.84. The van der Waals surface area contributed by atoms with Crippen molar-refractivity contribution in [3.8, 4) is 11.8 Å². The van der Waals surface area contributed by atoms with Crippen LogP contribution in [-0.4, -0.2) is 55.5 Å². The van der Waals surface area contributed by atoms with Crippen molar-refractivity contribution in [2.45, 2.75) is 12.8 Å². The number of methoxy groups -OCH3 is 1. The lowest BCUT2D eigenvalue weighted by atomic mass is 10.1. The predicted octanol–water partition coefficient (Wildman–Crippen LogP) is 2.96. The van der Waals surface area contributed by atoms with Crippen molar-refractivity contribution in [2.24, 2.45) is 0 Å². The van der Waals surface area contributed by atoms with Gasteiger partial charge in [-0.3, -0.25) is 9.69 Å². The summed E-state index contributed by atoms with van der Waals surface area (Å²) in [6, 6.07) is 17.2. The topological polar surface area (TPSA) is 56.6 Å². The number of amides is 1. The Morgan fingerprint density at radius 2 is 1.89 bits per heavy atom. The zero-order valence-electron chi connectivity index (χ0n) is 15.7. The molecule has 1 saturated heterocycles. The van der Waals surface area contributed by atoms with E-state index in [1.165, 1.54) is 5.56 Å². The van der Waals surface area contributed by atoms with Crippen LogP contribution in [0.4, 0.5) is 0 Å². The first-order chi connectivity index (χ1) is 13.2. The van der Waals surface area contributed by atoms with Gasteiger partial charge in [-0.1, -0.05) is 18.2 Å². The van der Waals surface area contributed by atoms with E-state index >= 15 is 0 Å². The summed E-state index contributed by atoms with van der Waals surface area (Å²) in [5, 5.41) is 8.99. The smallest absolute Gasteiger partial charge is 0.253 e. The molecule has 1 fully saturated rings. The van der Waals surface area contributed by atoms with Gasteiger partial charge >= 0.3 is 0 Å².